The van der Waals surface area contributed by atoms with Gasteiger partial charge < -0.3 is 10.1 Å². The number of carbonyl (C=O) groups is 2. The van der Waals surface area contributed by atoms with E-state index in [0.29, 0.717) is 28.9 Å². The van der Waals surface area contributed by atoms with Crippen molar-refractivity contribution in [1.82, 2.24) is 14.5 Å². The van der Waals surface area contributed by atoms with E-state index in [0.717, 1.165) is 17.6 Å². The fraction of sp³-hybridized carbons (Fsp3) is 0.667. The average Bonchev–Trinajstić information content (AvgIpc) is 2.99. The number of aromatic nitrogens is 2. The molecule has 2 heterocycles. The molecule has 0 saturated carbocycles. The van der Waals surface area contributed by atoms with Crippen LogP contribution in [0.5, 0.6) is 0 Å². The zero-order valence-corrected chi connectivity index (χ0v) is 15.7. The second-order valence-corrected chi connectivity index (χ2v) is 9.37. The summed E-state index contributed by atoms with van der Waals surface area (Å²) in [7, 11) is -1.99. The molecule has 1 aromatic heterocycles. The number of sulfonamides is 1. The van der Waals surface area contributed by atoms with Crippen LogP contribution >= 0.6 is 23.1 Å². The summed E-state index contributed by atoms with van der Waals surface area (Å²) in [6.07, 6.45) is 2.41. The molecule has 0 radical (unpaired) electrons. The second kappa shape index (κ2) is 8.23. The smallest absolute Gasteiger partial charge is 0.316 e. The minimum atomic E-state index is -3.30. The second-order valence-electron chi connectivity index (χ2n) is 5.19. The van der Waals surface area contributed by atoms with Crippen LogP contribution in [0.4, 0.5) is 5.13 Å². The number of methoxy groups -OCH3 is 1. The Kier molecular flexibility index (Phi) is 6.54. The Morgan fingerprint density at radius 2 is 2.21 bits per heavy atom. The van der Waals surface area contributed by atoms with E-state index in [-0.39, 0.29) is 24.2 Å². The molecule has 0 spiro atoms. The standard InChI is InChI=1S/C12H18N4O5S3/c1-21-9(17)7-22-12-15-14-11(23-12)13-10(18)8-4-3-5-16(6-8)24(2,19)20/h8H,3-7H2,1-2H3,(H,13,14,18)/t8-/m0/s1. The normalized spacial score (nSPS) is 19.0. The molecule has 2 rings (SSSR count). The minimum Gasteiger partial charge on any atom is -0.468 e. The number of amides is 1. The first kappa shape index (κ1) is 19.1. The summed E-state index contributed by atoms with van der Waals surface area (Å²) >= 11 is 2.33. The first-order valence-corrected chi connectivity index (χ1v) is 10.7. The van der Waals surface area contributed by atoms with E-state index in [1.165, 1.54) is 23.2 Å². The molecule has 0 unspecified atom stereocenters. The molecule has 134 valence electrons. The van der Waals surface area contributed by atoms with Crippen molar-refractivity contribution in [3.8, 4) is 0 Å². The van der Waals surface area contributed by atoms with Crippen LogP contribution in [-0.2, 0) is 24.3 Å². The Morgan fingerprint density at radius 1 is 1.46 bits per heavy atom. The Labute approximate surface area is 148 Å². The van der Waals surface area contributed by atoms with Crippen LogP contribution < -0.4 is 5.32 Å². The summed E-state index contributed by atoms with van der Waals surface area (Å²) in [5.74, 6) is -0.943. The largest absolute Gasteiger partial charge is 0.468 e. The predicted molar refractivity (Wildman–Crippen MR) is 90.4 cm³/mol. The van der Waals surface area contributed by atoms with Crippen LogP contribution in [-0.4, -0.2) is 67.0 Å². The number of hydrogen-bond donors (Lipinski definition) is 1. The van der Waals surface area contributed by atoms with Gasteiger partial charge in [0, 0.05) is 13.1 Å². The number of anilines is 1. The first-order chi connectivity index (χ1) is 11.3. The van der Waals surface area contributed by atoms with Gasteiger partial charge in [-0.3, -0.25) is 9.59 Å². The maximum Gasteiger partial charge on any atom is 0.316 e. The van der Waals surface area contributed by atoms with E-state index in [4.69, 9.17) is 0 Å². The van der Waals surface area contributed by atoms with Gasteiger partial charge in [0.1, 0.15) is 0 Å². The number of esters is 1. The van der Waals surface area contributed by atoms with Gasteiger partial charge in [0.25, 0.3) is 0 Å². The molecule has 1 aliphatic heterocycles. The molecular formula is C12H18N4O5S3. The minimum absolute atomic E-state index is 0.116. The van der Waals surface area contributed by atoms with Crippen LogP contribution in [0.2, 0.25) is 0 Å². The van der Waals surface area contributed by atoms with Gasteiger partial charge in [-0.2, -0.15) is 0 Å². The number of rotatable bonds is 6. The first-order valence-electron chi connectivity index (χ1n) is 7.08. The number of piperidine rings is 1. The van der Waals surface area contributed by atoms with Crippen molar-refractivity contribution in [3.05, 3.63) is 0 Å². The van der Waals surface area contributed by atoms with Crippen LogP contribution in [0.15, 0.2) is 4.34 Å². The molecule has 1 aliphatic rings. The number of ether oxygens (including phenoxy) is 1. The molecule has 0 aliphatic carbocycles. The van der Waals surface area contributed by atoms with Gasteiger partial charge in [-0.25, -0.2) is 12.7 Å². The van der Waals surface area contributed by atoms with Crippen molar-refractivity contribution in [2.45, 2.75) is 17.2 Å². The number of hydrogen-bond acceptors (Lipinski definition) is 9. The van der Waals surface area contributed by atoms with Crippen molar-refractivity contribution in [2.24, 2.45) is 5.92 Å². The number of thioether (sulfide) groups is 1. The van der Waals surface area contributed by atoms with Gasteiger partial charge in [0.2, 0.25) is 21.1 Å². The Morgan fingerprint density at radius 3 is 2.88 bits per heavy atom. The predicted octanol–water partition coefficient (Wildman–Crippen LogP) is 0.413. The van der Waals surface area contributed by atoms with Gasteiger partial charge >= 0.3 is 5.97 Å². The van der Waals surface area contributed by atoms with E-state index >= 15 is 0 Å². The molecule has 1 N–H and O–H groups in total. The van der Waals surface area contributed by atoms with E-state index in [2.05, 4.69) is 20.3 Å². The van der Waals surface area contributed by atoms with Crippen LogP contribution in [0.1, 0.15) is 12.8 Å². The molecule has 9 nitrogen and oxygen atoms in total. The topological polar surface area (TPSA) is 119 Å². The molecule has 12 heteroatoms. The van der Waals surface area contributed by atoms with Crippen molar-refractivity contribution >= 4 is 50.1 Å². The van der Waals surface area contributed by atoms with E-state index in [1.807, 2.05) is 0 Å². The fourth-order valence-corrected chi connectivity index (χ4v) is 4.66. The van der Waals surface area contributed by atoms with E-state index < -0.39 is 15.9 Å². The highest BCUT2D eigenvalue weighted by Gasteiger charge is 2.30. The quantitative estimate of drug-likeness (QED) is 0.419. The molecular weight excluding hydrogens is 376 g/mol. The Bertz CT molecular complexity index is 705. The summed E-state index contributed by atoms with van der Waals surface area (Å²) in [5.41, 5.74) is 0. The zero-order valence-electron chi connectivity index (χ0n) is 13.2. The van der Waals surface area contributed by atoms with Gasteiger partial charge in [-0.1, -0.05) is 23.1 Å². The zero-order chi connectivity index (χ0) is 17.7. The third kappa shape index (κ3) is 5.40. The van der Waals surface area contributed by atoms with Crippen LogP contribution in [0.25, 0.3) is 0 Å². The summed E-state index contributed by atoms with van der Waals surface area (Å²) in [4.78, 5) is 23.4. The van der Waals surface area contributed by atoms with Crippen molar-refractivity contribution in [2.75, 3.05) is 37.5 Å². The van der Waals surface area contributed by atoms with Crippen molar-refractivity contribution in [3.63, 3.8) is 0 Å². The lowest BCUT2D eigenvalue weighted by Gasteiger charge is -2.29. The van der Waals surface area contributed by atoms with Gasteiger partial charge in [-0.05, 0) is 12.8 Å². The van der Waals surface area contributed by atoms with Gasteiger partial charge in [-0.15, -0.1) is 10.2 Å². The summed E-state index contributed by atoms with van der Waals surface area (Å²) in [6, 6.07) is 0. The van der Waals surface area contributed by atoms with Crippen molar-refractivity contribution in [1.29, 1.82) is 0 Å². The summed E-state index contributed by atoms with van der Waals surface area (Å²) < 4.78 is 29.6. The molecule has 1 amide bonds. The van der Waals surface area contributed by atoms with Crippen LogP contribution in [0.3, 0.4) is 0 Å². The maximum atomic E-state index is 12.3. The molecule has 24 heavy (non-hydrogen) atoms. The van der Waals surface area contributed by atoms with Gasteiger partial charge in [0.05, 0.1) is 25.0 Å². The fourth-order valence-electron chi connectivity index (χ4n) is 2.16. The highest BCUT2D eigenvalue weighted by Crippen LogP contribution is 2.27. The van der Waals surface area contributed by atoms with E-state index in [9.17, 15) is 18.0 Å². The third-order valence-corrected chi connectivity index (χ3v) is 6.62. The lowest BCUT2D eigenvalue weighted by Crippen LogP contribution is -2.43. The van der Waals surface area contributed by atoms with Crippen LogP contribution in [0, 0.1) is 5.92 Å². The highest BCUT2D eigenvalue weighted by molar-refractivity contribution is 8.01. The lowest BCUT2D eigenvalue weighted by atomic mass is 9.99. The Balaban J connectivity index is 1.90. The molecule has 0 bridgehead atoms. The molecule has 1 aromatic rings. The number of nitrogens with one attached hydrogen (secondary N) is 1. The van der Waals surface area contributed by atoms with E-state index in [1.54, 1.807) is 0 Å². The SMILES string of the molecule is COC(=O)CSc1nnc(NC(=O)[C@H]2CCCN(S(C)(=O)=O)C2)s1. The maximum absolute atomic E-state index is 12.3. The lowest BCUT2D eigenvalue weighted by molar-refractivity contribution is -0.137. The van der Waals surface area contributed by atoms with Crippen molar-refractivity contribution < 1.29 is 22.7 Å². The average molecular weight is 395 g/mol. The molecule has 1 saturated heterocycles. The molecule has 1 fully saturated rings. The summed E-state index contributed by atoms with van der Waals surface area (Å²) in [6.45, 7) is 0.614. The number of carbonyl (C=O) groups excluding carboxylic acids is 2. The summed E-state index contributed by atoms with van der Waals surface area (Å²) in [5, 5.41) is 10.7. The third-order valence-electron chi connectivity index (χ3n) is 3.40. The molecule has 1 atom stereocenters. The highest BCUT2D eigenvalue weighted by atomic mass is 32.2. The van der Waals surface area contributed by atoms with Gasteiger partial charge in [0.15, 0.2) is 4.34 Å². The number of nitrogens with zero attached hydrogens (tertiary/aromatic N) is 3. The monoisotopic (exact) mass is 394 g/mol. The Hall–Kier alpha value is -1.24. The molecule has 0 aromatic carbocycles.